The molecule has 0 unspecified atom stereocenters. The molecular weight excluding hydrogens is 138 g/mol. The molecule has 0 atom stereocenters. The van der Waals surface area contributed by atoms with Gasteiger partial charge >= 0.3 is 0 Å². The molecular formula is C8H14N3+. The smallest absolute Gasteiger partial charge is 0.243 e. The second-order valence-corrected chi connectivity index (χ2v) is 3.27. The summed E-state index contributed by atoms with van der Waals surface area (Å²) in [6, 6.07) is 0.565. The molecule has 0 spiro atoms. The van der Waals surface area contributed by atoms with E-state index in [9.17, 15) is 0 Å². The molecule has 1 aromatic heterocycles. The van der Waals surface area contributed by atoms with Crippen molar-refractivity contribution in [3.63, 3.8) is 0 Å². The van der Waals surface area contributed by atoms with Crippen LogP contribution >= 0.6 is 0 Å². The topological polar surface area (TPSA) is 31.7 Å². The average Bonchev–Trinajstić information content (AvgIpc) is 2.41. The van der Waals surface area contributed by atoms with Crippen molar-refractivity contribution in [3.8, 4) is 0 Å². The van der Waals surface area contributed by atoms with E-state index in [0.717, 1.165) is 13.0 Å². The van der Waals surface area contributed by atoms with Gasteiger partial charge in [-0.2, -0.15) is 0 Å². The number of nitrogens with one attached hydrogen (secondary N) is 2. The van der Waals surface area contributed by atoms with E-state index in [1.807, 2.05) is 6.33 Å². The quantitative estimate of drug-likeness (QED) is 0.574. The maximum absolute atomic E-state index is 3.30. The van der Waals surface area contributed by atoms with E-state index in [1.165, 1.54) is 11.5 Å². The highest BCUT2D eigenvalue weighted by atomic mass is 15.2. The molecule has 1 aliphatic rings. The van der Waals surface area contributed by atoms with Crippen LogP contribution in [0.2, 0.25) is 0 Å². The lowest BCUT2D eigenvalue weighted by Gasteiger charge is -2.00. The molecule has 0 fully saturated rings. The maximum Gasteiger partial charge on any atom is 0.243 e. The molecule has 0 bridgehead atoms. The first-order valence-electron chi connectivity index (χ1n) is 4.14. The molecule has 0 saturated heterocycles. The Balaban J connectivity index is 2.42. The minimum Gasteiger partial charge on any atom is -0.349 e. The van der Waals surface area contributed by atoms with Crippen molar-refractivity contribution in [2.75, 3.05) is 11.9 Å². The second-order valence-electron chi connectivity index (χ2n) is 3.27. The van der Waals surface area contributed by atoms with E-state index < -0.39 is 0 Å². The molecule has 0 radical (unpaired) electrons. The number of aromatic amines is 1. The molecule has 0 amide bonds. The van der Waals surface area contributed by atoms with Gasteiger partial charge in [-0.25, -0.2) is 9.55 Å². The van der Waals surface area contributed by atoms with E-state index in [-0.39, 0.29) is 0 Å². The van der Waals surface area contributed by atoms with Crippen molar-refractivity contribution in [2.24, 2.45) is 0 Å². The zero-order valence-corrected chi connectivity index (χ0v) is 7.02. The van der Waals surface area contributed by atoms with Gasteiger partial charge in [-0.3, -0.25) is 0 Å². The number of aromatic nitrogens is 2. The Morgan fingerprint density at radius 2 is 2.36 bits per heavy atom. The Morgan fingerprint density at radius 1 is 1.55 bits per heavy atom. The summed E-state index contributed by atoms with van der Waals surface area (Å²) in [6.07, 6.45) is 3.19. The zero-order valence-electron chi connectivity index (χ0n) is 7.02. The number of fused-ring (bicyclic) bond motifs is 1. The van der Waals surface area contributed by atoms with E-state index in [0.29, 0.717) is 6.04 Å². The lowest BCUT2D eigenvalue weighted by molar-refractivity contribution is -0.720. The Morgan fingerprint density at radius 3 is 3.09 bits per heavy atom. The fourth-order valence-electron chi connectivity index (χ4n) is 1.60. The molecule has 11 heavy (non-hydrogen) atoms. The average molecular weight is 152 g/mol. The fourth-order valence-corrected chi connectivity index (χ4v) is 1.60. The van der Waals surface area contributed by atoms with Crippen LogP contribution in [0.1, 0.15) is 25.6 Å². The summed E-state index contributed by atoms with van der Waals surface area (Å²) in [5.41, 5.74) is 1.42. The van der Waals surface area contributed by atoms with Crippen molar-refractivity contribution in [1.82, 2.24) is 4.98 Å². The highest BCUT2D eigenvalue weighted by molar-refractivity contribution is 5.42. The van der Waals surface area contributed by atoms with Gasteiger partial charge in [-0.15, -0.1) is 0 Å². The number of rotatable bonds is 1. The Bertz CT molecular complexity index is 262. The van der Waals surface area contributed by atoms with Gasteiger partial charge in [0.15, 0.2) is 5.69 Å². The van der Waals surface area contributed by atoms with Crippen LogP contribution in [-0.4, -0.2) is 11.5 Å². The van der Waals surface area contributed by atoms with Crippen LogP contribution in [-0.2, 0) is 6.42 Å². The number of anilines is 1. The first-order valence-corrected chi connectivity index (χ1v) is 4.14. The number of imidazole rings is 1. The molecule has 3 nitrogen and oxygen atoms in total. The largest absolute Gasteiger partial charge is 0.349 e. The summed E-state index contributed by atoms with van der Waals surface area (Å²) in [5, 5.41) is 3.30. The normalized spacial score (nSPS) is 15.2. The predicted molar refractivity (Wildman–Crippen MR) is 43.6 cm³/mol. The van der Waals surface area contributed by atoms with Crippen LogP contribution in [0, 0.1) is 0 Å². The molecule has 0 aromatic carbocycles. The molecule has 3 heteroatoms. The Labute approximate surface area is 66.4 Å². The Hall–Kier alpha value is -0.990. The third kappa shape index (κ3) is 0.914. The van der Waals surface area contributed by atoms with Gasteiger partial charge in [0.1, 0.15) is 0 Å². The summed E-state index contributed by atoms with van der Waals surface area (Å²) in [7, 11) is 0. The van der Waals surface area contributed by atoms with Gasteiger partial charge in [-0.1, -0.05) is 0 Å². The maximum atomic E-state index is 3.30. The summed E-state index contributed by atoms with van der Waals surface area (Å²) in [5.74, 6) is 1.21. The van der Waals surface area contributed by atoms with Gasteiger partial charge in [0.05, 0.1) is 6.04 Å². The van der Waals surface area contributed by atoms with Gasteiger partial charge in [0, 0.05) is 13.0 Å². The summed E-state index contributed by atoms with van der Waals surface area (Å²) < 4.78 is 2.29. The van der Waals surface area contributed by atoms with E-state index in [4.69, 9.17) is 0 Å². The van der Waals surface area contributed by atoms with Crippen LogP contribution in [0.5, 0.6) is 0 Å². The first-order chi connectivity index (χ1) is 5.29. The summed E-state index contributed by atoms with van der Waals surface area (Å²) in [4.78, 5) is 3.22. The third-order valence-corrected chi connectivity index (χ3v) is 2.17. The minimum absolute atomic E-state index is 0.565. The minimum atomic E-state index is 0.565. The Kier molecular flexibility index (Phi) is 1.37. The molecule has 60 valence electrons. The number of H-pyrrole nitrogens is 1. The zero-order chi connectivity index (χ0) is 7.84. The van der Waals surface area contributed by atoms with E-state index in [2.05, 4.69) is 28.7 Å². The van der Waals surface area contributed by atoms with Gasteiger partial charge in [-0.05, 0) is 13.8 Å². The van der Waals surface area contributed by atoms with E-state index >= 15 is 0 Å². The summed E-state index contributed by atoms with van der Waals surface area (Å²) in [6.45, 7) is 5.48. The molecule has 2 heterocycles. The number of hydrogen-bond donors (Lipinski definition) is 2. The SMILES string of the molecule is CC(C)[n+]1c[nH]c2c1CCN2. The van der Waals surface area contributed by atoms with Crippen LogP contribution in [0.15, 0.2) is 6.33 Å². The van der Waals surface area contributed by atoms with E-state index in [1.54, 1.807) is 0 Å². The van der Waals surface area contributed by atoms with Crippen LogP contribution in [0.25, 0.3) is 0 Å². The molecule has 1 aliphatic heterocycles. The van der Waals surface area contributed by atoms with Crippen molar-refractivity contribution in [2.45, 2.75) is 26.3 Å². The second kappa shape index (κ2) is 2.26. The first kappa shape index (κ1) is 6.70. The monoisotopic (exact) mass is 152 g/mol. The van der Waals surface area contributed by atoms with Crippen molar-refractivity contribution in [1.29, 1.82) is 0 Å². The molecule has 1 aromatic rings. The highest BCUT2D eigenvalue weighted by Gasteiger charge is 2.23. The number of nitrogens with zero attached hydrogens (tertiary/aromatic N) is 1. The van der Waals surface area contributed by atoms with Crippen molar-refractivity contribution in [3.05, 3.63) is 12.0 Å². The predicted octanol–water partition coefficient (Wildman–Crippen LogP) is 0.851. The van der Waals surface area contributed by atoms with Crippen molar-refractivity contribution >= 4 is 5.82 Å². The van der Waals surface area contributed by atoms with Gasteiger partial charge in [0.25, 0.3) is 0 Å². The lowest BCUT2D eigenvalue weighted by atomic mass is 10.3. The third-order valence-electron chi connectivity index (χ3n) is 2.17. The highest BCUT2D eigenvalue weighted by Crippen LogP contribution is 2.15. The van der Waals surface area contributed by atoms with Gasteiger partial charge < -0.3 is 5.32 Å². The fraction of sp³-hybridized carbons (Fsp3) is 0.625. The van der Waals surface area contributed by atoms with Crippen molar-refractivity contribution < 1.29 is 4.57 Å². The van der Waals surface area contributed by atoms with Crippen LogP contribution in [0.4, 0.5) is 5.82 Å². The lowest BCUT2D eigenvalue weighted by Crippen LogP contribution is -2.37. The van der Waals surface area contributed by atoms with Crippen LogP contribution in [0.3, 0.4) is 0 Å². The molecule has 2 rings (SSSR count). The number of hydrogen-bond acceptors (Lipinski definition) is 1. The molecule has 0 aliphatic carbocycles. The molecule has 0 saturated carbocycles. The van der Waals surface area contributed by atoms with Crippen LogP contribution < -0.4 is 9.88 Å². The van der Waals surface area contributed by atoms with Gasteiger partial charge in [0.2, 0.25) is 12.1 Å². The summed E-state index contributed by atoms with van der Waals surface area (Å²) >= 11 is 0. The standard InChI is InChI=1S/C8H13N3/c1-6(2)11-5-10-8-7(11)3-4-9-8/h5-6,9H,3-4H2,1-2H3/p+1. The molecule has 2 N–H and O–H groups in total.